The normalized spacial score (nSPS) is 12.4. The highest BCUT2D eigenvalue weighted by Gasteiger charge is 2.33. The van der Waals surface area contributed by atoms with Crippen LogP contribution < -0.4 is 10.1 Å². The van der Waals surface area contributed by atoms with E-state index in [4.69, 9.17) is 26.5 Å². The molecule has 0 radical (unpaired) electrons. The van der Waals surface area contributed by atoms with Crippen LogP contribution >= 0.6 is 11.6 Å². The summed E-state index contributed by atoms with van der Waals surface area (Å²) in [5.41, 5.74) is -0.773. The Hall–Kier alpha value is -3.26. The molecule has 3 aromatic carbocycles. The standard InChI is InChI=1S/C25H23ClF4N2O2/c1-15(2)22(32-23-20(26)12-17(13-21(23)27)25(28,29)30)24(31)33-14-16-7-6-10-19(11-16)34-18-8-4-3-5-9-18/h3-13,15,22,31-32H,14H2,1-2H3. The fraction of sp³-hybridized carbons (Fsp3) is 0.240. The monoisotopic (exact) mass is 494 g/mol. The largest absolute Gasteiger partial charge is 0.475 e. The lowest BCUT2D eigenvalue weighted by atomic mass is 10.0. The Kier molecular flexibility index (Phi) is 8.04. The first-order valence-corrected chi connectivity index (χ1v) is 10.8. The minimum atomic E-state index is -4.73. The van der Waals surface area contributed by atoms with Crippen LogP contribution in [0.1, 0.15) is 25.0 Å². The molecular formula is C25H23ClF4N2O2. The molecule has 34 heavy (non-hydrogen) atoms. The van der Waals surface area contributed by atoms with Crippen LogP contribution in [-0.2, 0) is 17.5 Å². The molecule has 0 spiro atoms. The molecule has 9 heteroatoms. The van der Waals surface area contributed by atoms with Crippen molar-refractivity contribution >= 4 is 23.2 Å². The van der Waals surface area contributed by atoms with Gasteiger partial charge in [0.15, 0.2) is 0 Å². The van der Waals surface area contributed by atoms with Crippen molar-refractivity contribution in [1.29, 1.82) is 5.41 Å². The molecule has 0 fully saturated rings. The van der Waals surface area contributed by atoms with Crippen LogP contribution in [-0.4, -0.2) is 11.9 Å². The van der Waals surface area contributed by atoms with E-state index in [1.807, 2.05) is 30.3 Å². The van der Waals surface area contributed by atoms with Crippen LogP contribution in [0.2, 0.25) is 5.02 Å². The van der Waals surface area contributed by atoms with Crippen molar-refractivity contribution in [2.75, 3.05) is 5.32 Å². The van der Waals surface area contributed by atoms with Crippen molar-refractivity contribution in [3.8, 4) is 11.5 Å². The minimum absolute atomic E-state index is 0.0406. The summed E-state index contributed by atoms with van der Waals surface area (Å²) in [4.78, 5) is 0. The van der Waals surface area contributed by atoms with Gasteiger partial charge in [0.05, 0.1) is 16.3 Å². The van der Waals surface area contributed by atoms with Gasteiger partial charge in [-0.15, -0.1) is 0 Å². The van der Waals surface area contributed by atoms with E-state index in [9.17, 15) is 17.6 Å². The number of anilines is 1. The van der Waals surface area contributed by atoms with E-state index in [2.05, 4.69) is 5.32 Å². The highest BCUT2D eigenvalue weighted by Crippen LogP contribution is 2.36. The van der Waals surface area contributed by atoms with Crippen molar-refractivity contribution in [2.45, 2.75) is 32.7 Å². The van der Waals surface area contributed by atoms with Crippen molar-refractivity contribution < 1.29 is 27.0 Å². The van der Waals surface area contributed by atoms with Crippen molar-refractivity contribution in [3.05, 3.63) is 88.7 Å². The van der Waals surface area contributed by atoms with E-state index < -0.39 is 28.6 Å². The first-order valence-electron chi connectivity index (χ1n) is 10.4. The molecule has 0 saturated heterocycles. The predicted molar refractivity (Wildman–Crippen MR) is 124 cm³/mol. The maximum atomic E-state index is 14.4. The molecular weight excluding hydrogens is 472 g/mol. The second-order valence-electron chi connectivity index (χ2n) is 7.89. The van der Waals surface area contributed by atoms with E-state index in [1.165, 1.54) is 0 Å². The van der Waals surface area contributed by atoms with Crippen LogP contribution in [0.15, 0.2) is 66.7 Å². The number of alkyl halides is 3. The predicted octanol–water partition coefficient (Wildman–Crippen LogP) is 7.92. The molecule has 3 rings (SSSR count). The molecule has 1 unspecified atom stereocenters. The number of hydrogen-bond acceptors (Lipinski definition) is 4. The molecule has 0 aliphatic rings. The third-order valence-corrected chi connectivity index (χ3v) is 5.19. The van der Waals surface area contributed by atoms with Gasteiger partial charge in [0.2, 0.25) is 5.90 Å². The maximum absolute atomic E-state index is 14.4. The second-order valence-corrected chi connectivity index (χ2v) is 8.30. The molecule has 180 valence electrons. The zero-order chi connectivity index (χ0) is 24.9. The highest BCUT2D eigenvalue weighted by molar-refractivity contribution is 6.33. The molecule has 2 N–H and O–H groups in total. The number of rotatable bonds is 8. The molecule has 0 aromatic heterocycles. The number of hydrogen-bond donors (Lipinski definition) is 2. The summed E-state index contributed by atoms with van der Waals surface area (Å²) in [6, 6.07) is 16.6. The zero-order valence-electron chi connectivity index (χ0n) is 18.4. The Morgan fingerprint density at radius 2 is 1.68 bits per heavy atom. The van der Waals surface area contributed by atoms with Gasteiger partial charge in [-0.3, -0.25) is 5.41 Å². The fourth-order valence-electron chi connectivity index (χ4n) is 3.14. The summed E-state index contributed by atoms with van der Waals surface area (Å²) in [6.45, 7) is 3.57. The number of benzene rings is 3. The van der Waals surface area contributed by atoms with Gasteiger partial charge < -0.3 is 14.8 Å². The third kappa shape index (κ3) is 6.63. The Morgan fingerprint density at radius 3 is 2.29 bits per heavy atom. The van der Waals surface area contributed by atoms with E-state index >= 15 is 0 Å². The van der Waals surface area contributed by atoms with Crippen molar-refractivity contribution in [2.24, 2.45) is 5.92 Å². The first kappa shape index (κ1) is 25.4. The van der Waals surface area contributed by atoms with Gasteiger partial charge >= 0.3 is 6.18 Å². The fourth-order valence-corrected chi connectivity index (χ4v) is 3.40. The van der Waals surface area contributed by atoms with Crippen LogP contribution in [0.5, 0.6) is 11.5 Å². The summed E-state index contributed by atoms with van der Waals surface area (Å²) >= 11 is 5.92. The zero-order valence-corrected chi connectivity index (χ0v) is 19.2. The highest BCUT2D eigenvalue weighted by atomic mass is 35.5. The number of para-hydroxylation sites is 1. The third-order valence-electron chi connectivity index (χ3n) is 4.89. The minimum Gasteiger partial charge on any atom is -0.475 e. The van der Waals surface area contributed by atoms with Gasteiger partial charge in [0, 0.05) is 0 Å². The van der Waals surface area contributed by atoms with Gasteiger partial charge in [-0.25, -0.2) is 4.39 Å². The Bertz CT molecular complexity index is 1110. The summed E-state index contributed by atoms with van der Waals surface area (Å²) in [7, 11) is 0. The molecule has 0 aliphatic heterocycles. The van der Waals surface area contributed by atoms with Crippen molar-refractivity contribution in [1.82, 2.24) is 0 Å². The van der Waals surface area contributed by atoms with Gasteiger partial charge in [-0.2, -0.15) is 13.2 Å². The quantitative estimate of drug-likeness (QED) is 0.190. The summed E-state index contributed by atoms with van der Waals surface area (Å²) in [6.07, 6.45) is -4.73. The van der Waals surface area contributed by atoms with Crippen LogP contribution in [0.3, 0.4) is 0 Å². The average molecular weight is 495 g/mol. The Balaban J connectivity index is 1.69. The van der Waals surface area contributed by atoms with Crippen LogP contribution in [0, 0.1) is 17.1 Å². The van der Waals surface area contributed by atoms with Crippen molar-refractivity contribution in [3.63, 3.8) is 0 Å². The van der Waals surface area contributed by atoms with E-state index in [-0.39, 0.29) is 24.1 Å². The Morgan fingerprint density at radius 1 is 1.00 bits per heavy atom. The lowest BCUT2D eigenvalue weighted by molar-refractivity contribution is -0.137. The van der Waals surface area contributed by atoms with Crippen LogP contribution in [0.4, 0.5) is 23.2 Å². The molecule has 4 nitrogen and oxygen atoms in total. The number of halogens is 5. The number of nitrogens with one attached hydrogen (secondary N) is 2. The van der Waals surface area contributed by atoms with E-state index in [1.54, 1.807) is 38.1 Å². The summed E-state index contributed by atoms with van der Waals surface area (Å²) in [5.74, 6) is -0.356. The topological polar surface area (TPSA) is 54.3 Å². The van der Waals surface area contributed by atoms with Gasteiger partial charge in [-0.05, 0) is 47.9 Å². The SMILES string of the molecule is CC(C)C(Nc1c(F)cc(C(F)(F)F)cc1Cl)C(=N)OCc1cccc(Oc2ccccc2)c1. The van der Waals surface area contributed by atoms with Gasteiger partial charge in [0.1, 0.15) is 30.0 Å². The molecule has 3 aromatic rings. The molecule has 1 atom stereocenters. The second kappa shape index (κ2) is 10.8. The summed E-state index contributed by atoms with van der Waals surface area (Å²) < 4.78 is 64.5. The maximum Gasteiger partial charge on any atom is 0.416 e. The van der Waals surface area contributed by atoms with Gasteiger partial charge in [-0.1, -0.05) is 55.8 Å². The molecule has 0 amide bonds. The lowest BCUT2D eigenvalue weighted by Gasteiger charge is -2.25. The van der Waals surface area contributed by atoms with Crippen LogP contribution in [0.25, 0.3) is 0 Å². The number of ether oxygens (including phenoxy) is 2. The summed E-state index contributed by atoms with van der Waals surface area (Å²) in [5, 5.41) is 10.6. The van der Waals surface area contributed by atoms with Gasteiger partial charge in [0.25, 0.3) is 0 Å². The first-order chi connectivity index (χ1) is 16.0. The van der Waals surface area contributed by atoms with E-state index in [0.29, 0.717) is 23.6 Å². The molecule has 0 saturated carbocycles. The smallest absolute Gasteiger partial charge is 0.416 e. The van der Waals surface area contributed by atoms with E-state index in [0.717, 1.165) is 5.56 Å². The molecule has 0 aliphatic carbocycles. The average Bonchev–Trinajstić information content (AvgIpc) is 2.77. The lowest BCUT2D eigenvalue weighted by Crippen LogP contribution is -2.36. The molecule has 0 bridgehead atoms. The molecule has 0 heterocycles. The Labute approximate surface area is 200 Å².